The maximum atomic E-state index is 14.9. The minimum Gasteiger partial charge on any atom is -0.543 e. The predicted octanol–water partition coefficient (Wildman–Crippen LogP) is 3.17. The Morgan fingerprint density at radius 2 is 2.00 bits per heavy atom. The molecule has 0 radical (unpaired) electrons. The zero-order chi connectivity index (χ0) is 19.6. The van der Waals surface area contributed by atoms with Crippen LogP contribution in [0.25, 0.3) is 10.9 Å². The molecule has 0 atom stereocenters. The van der Waals surface area contributed by atoms with Crippen molar-refractivity contribution in [1.29, 1.82) is 0 Å². The molecule has 27 heavy (non-hydrogen) atoms. The molecule has 1 saturated heterocycles. The van der Waals surface area contributed by atoms with Gasteiger partial charge in [-0.05, 0) is 38.7 Å². The number of nitrogens with one attached hydrogen (secondary N) is 1. The Hall–Kier alpha value is -2.19. The quantitative estimate of drug-likeness (QED) is 0.624. The third-order valence-electron chi connectivity index (χ3n) is 4.25. The summed E-state index contributed by atoms with van der Waals surface area (Å²) in [6, 6.07) is 3.17. The first kappa shape index (κ1) is 19.6. The average Bonchev–Trinajstić information content (AvgIpc) is 2.61. The number of benzene rings is 1. The van der Waals surface area contributed by atoms with E-state index in [9.17, 15) is 9.18 Å². The summed E-state index contributed by atoms with van der Waals surface area (Å²) in [4.78, 5) is 18.8. The largest absolute Gasteiger partial charge is 0.543 e. The van der Waals surface area contributed by atoms with Gasteiger partial charge >= 0.3 is 5.97 Å². The molecule has 2 aromatic rings. The fraction of sp³-hybridized carbons (Fsp3) is 0.474. The molecule has 0 bridgehead atoms. The van der Waals surface area contributed by atoms with Crippen LogP contribution in [0.3, 0.4) is 0 Å². The minimum atomic E-state index is -2.06. The van der Waals surface area contributed by atoms with E-state index in [1.165, 1.54) is 12.3 Å². The molecule has 1 fully saturated rings. The molecular weight excluding hydrogens is 365 g/mol. The molecule has 1 aliphatic rings. The Labute approximate surface area is 159 Å². The molecule has 0 unspecified atom stereocenters. The van der Waals surface area contributed by atoms with Crippen molar-refractivity contribution in [2.75, 3.05) is 37.7 Å². The topological polar surface area (TPSA) is 63.7 Å². The third-order valence-corrected chi connectivity index (χ3v) is 5.06. The lowest BCUT2D eigenvalue weighted by atomic mass is 10.1. The van der Waals surface area contributed by atoms with Gasteiger partial charge in [0.05, 0.1) is 17.8 Å². The van der Waals surface area contributed by atoms with Crippen LogP contribution in [-0.4, -0.2) is 52.1 Å². The van der Waals surface area contributed by atoms with Crippen LogP contribution < -0.4 is 14.6 Å². The lowest BCUT2D eigenvalue weighted by Crippen LogP contribution is -2.43. The number of halogens is 1. The number of esters is 1. The highest BCUT2D eigenvalue weighted by molar-refractivity contribution is 6.70. The number of hydrogen-bond donors (Lipinski definition) is 1. The van der Waals surface area contributed by atoms with E-state index in [4.69, 9.17) is 9.16 Å². The van der Waals surface area contributed by atoms with Crippen molar-refractivity contribution >= 4 is 30.9 Å². The number of carbonyl (C=O) groups is 1. The first-order valence-corrected chi connectivity index (χ1v) is 12.6. The van der Waals surface area contributed by atoms with Crippen LogP contribution in [0.2, 0.25) is 19.6 Å². The van der Waals surface area contributed by atoms with Crippen molar-refractivity contribution in [2.24, 2.45) is 0 Å². The van der Waals surface area contributed by atoms with Crippen LogP contribution >= 0.6 is 0 Å². The molecule has 1 aliphatic heterocycles. The van der Waals surface area contributed by atoms with Crippen molar-refractivity contribution in [3.63, 3.8) is 0 Å². The molecule has 0 spiro atoms. The van der Waals surface area contributed by atoms with Crippen molar-refractivity contribution in [1.82, 2.24) is 10.3 Å². The van der Waals surface area contributed by atoms with Gasteiger partial charge < -0.3 is 19.4 Å². The highest BCUT2D eigenvalue weighted by Gasteiger charge is 2.26. The number of pyridine rings is 1. The van der Waals surface area contributed by atoms with Gasteiger partial charge in [0.2, 0.25) is 8.32 Å². The van der Waals surface area contributed by atoms with Gasteiger partial charge in [0.15, 0.2) is 0 Å². The number of carbonyl (C=O) groups excluding carboxylic acids is 1. The summed E-state index contributed by atoms with van der Waals surface area (Å²) in [6.07, 6.45) is 1.47. The summed E-state index contributed by atoms with van der Waals surface area (Å²) in [5.41, 5.74) is 1.37. The van der Waals surface area contributed by atoms with Gasteiger partial charge in [-0.3, -0.25) is 4.98 Å². The standard InChI is InChI=1S/C19H26FN3O3Si/c1-5-25-19(24)14-12-22-16-11-17(23-8-6-21-7-9-23)15(20)10-13(16)18(14)26-27(2,3)4/h10-12,21H,5-9H2,1-4H3. The molecule has 1 aromatic carbocycles. The van der Waals surface area contributed by atoms with Crippen molar-refractivity contribution < 1.29 is 18.3 Å². The predicted molar refractivity (Wildman–Crippen MR) is 107 cm³/mol. The molecule has 146 valence electrons. The maximum absolute atomic E-state index is 14.9. The molecule has 3 rings (SSSR count). The second kappa shape index (κ2) is 7.81. The highest BCUT2D eigenvalue weighted by atomic mass is 28.4. The molecular formula is C19H26FN3O3Si. The smallest absolute Gasteiger partial charge is 0.343 e. The van der Waals surface area contributed by atoms with Gasteiger partial charge in [-0.2, -0.15) is 0 Å². The van der Waals surface area contributed by atoms with Gasteiger partial charge in [-0.25, -0.2) is 9.18 Å². The first-order chi connectivity index (χ1) is 12.8. The van der Waals surface area contributed by atoms with Crippen molar-refractivity contribution in [2.45, 2.75) is 26.6 Å². The molecule has 0 aliphatic carbocycles. The second-order valence-electron chi connectivity index (χ2n) is 7.49. The number of anilines is 1. The number of aromatic nitrogens is 1. The Kier molecular flexibility index (Phi) is 5.66. The Balaban J connectivity index is 2.13. The molecule has 2 heterocycles. The fourth-order valence-corrected chi connectivity index (χ4v) is 3.93. The van der Waals surface area contributed by atoms with E-state index in [1.807, 2.05) is 24.5 Å². The van der Waals surface area contributed by atoms with Crippen LogP contribution in [0.5, 0.6) is 5.75 Å². The number of fused-ring (bicyclic) bond motifs is 1. The summed E-state index contributed by atoms with van der Waals surface area (Å²) >= 11 is 0. The van der Waals surface area contributed by atoms with Crippen LogP contribution in [0.1, 0.15) is 17.3 Å². The molecule has 8 heteroatoms. The highest BCUT2D eigenvalue weighted by Crippen LogP contribution is 2.35. The van der Waals surface area contributed by atoms with E-state index < -0.39 is 14.3 Å². The monoisotopic (exact) mass is 391 g/mol. The molecule has 1 aromatic heterocycles. The van der Waals surface area contributed by atoms with E-state index in [0.717, 1.165) is 26.2 Å². The van der Waals surface area contributed by atoms with E-state index in [-0.39, 0.29) is 18.0 Å². The molecule has 0 saturated carbocycles. The number of piperazine rings is 1. The lowest BCUT2D eigenvalue weighted by molar-refractivity contribution is 0.0524. The number of nitrogens with zero attached hydrogens (tertiary/aromatic N) is 2. The second-order valence-corrected chi connectivity index (χ2v) is 11.9. The Bertz CT molecular complexity index is 848. The molecule has 0 amide bonds. The van der Waals surface area contributed by atoms with Crippen LogP contribution in [0.4, 0.5) is 10.1 Å². The normalized spacial score (nSPS) is 15.1. The fourth-order valence-electron chi connectivity index (χ4n) is 3.10. The maximum Gasteiger partial charge on any atom is 0.343 e. The zero-order valence-electron chi connectivity index (χ0n) is 16.3. The SMILES string of the molecule is CCOC(=O)c1cnc2cc(N3CCNCC3)c(F)cc2c1O[Si](C)(C)C. The summed E-state index contributed by atoms with van der Waals surface area (Å²) in [6.45, 7) is 11.1. The van der Waals surface area contributed by atoms with Gasteiger partial charge in [0.25, 0.3) is 0 Å². The van der Waals surface area contributed by atoms with E-state index in [0.29, 0.717) is 22.3 Å². The number of rotatable bonds is 5. The van der Waals surface area contributed by atoms with E-state index in [1.54, 1.807) is 13.0 Å². The summed E-state index contributed by atoms with van der Waals surface area (Å²) in [5.74, 6) is -0.484. The van der Waals surface area contributed by atoms with Crippen LogP contribution in [-0.2, 0) is 4.74 Å². The number of hydrogen-bond acceptors (Lipinski definition) is 6. The van der Waals surface area contributed by atoms with Gasteiger partial charge in [-0.1, -0.05) is 0 Å². The zero-order valence-corrected chi connectivity index (χ0v) is 17.3. The molecule has 6 nitrogen and oxygen atoms in total. The first-order valence-electron chi connectivity index (χ1n) is 9.24. The Morgan fingerprint density at radius 3 is 2.63 bits per heavy atom. The van der Waals surface area contributed by atoms with E-state index in [2.05, 4.69) is 10.3 Å². The lowest BCUT2D eigenvalue weighted by Gasteiger charge is -2.30. The van der Waals surface area contributed by atoms with Gasteiger partial charge in [-0.15, -0.1) is 0 Å². The van der Waals surface area contributed by atoms with E-state index >= 15 is 0 Å². The summed E-state index contributed by atoms with van der Waals surface area (Å²) in [5, 5.41) is 3.76. The third kappa shape index (κ3) is 4.39. The summed E-state index contributed by atoms with van der Waals surface area (Å²) in [7, 11) is -2.06. The molecule has 1 N–H and O–H groups in total. The van der Waals surface area contributed by atoms with Crippen LogP contribution in [0, 0.1) is 5.82 Å². The van der Waals surface area contributed by atoms with Gasteiger partial charge in [0, 0.05) is 37.8 Å². The number of ether oxygens (including phenoxy) is 1. The Morgan fingerprint density at radius 1 is 1.30 bits per heavy atom. The van der Waals surface area contributed by atoms with Crippen molar-refractivity contribution in [3.05, 3.63) is 29.7 Å². The average molecular weight is 392 g/mol. The minimum absolute atomic E-state index is 0.237. The summed E-state index contributed by atoms with van der Waals surface area (Å²) < 4.78 is 26.2. The van der Waals surface area contributed by atoms with Crippen LogP contribution in [0.15, 0.2) is 18.3 Å². The van der Waals surface area contributed by atoms with Crippen molar-refractivity contribution in [3.8, 4) is 5.75 Å². The van der Waals surface area contributed by atoms with Gasteiger partial charge in [0.1, 0.15) is 17.1 Å².